The van der Waals surface area contributed by atoms with Crippen LogP contribution in [0.3, 0.4) is 0 Å². The molecule has 0 saturated carbocycles. The minimum absolute atomic E-state index is 0.0169. The molecule has 1 amide bonds. The van der Waals surface area contributed by atoms with Crippen molar-refractivity contribution in [2.45, 2.75) is 50.6 Å². The second kappa shape index (κ2) is 6.09. The number of aliphatic hydroxyl groups is 1. The van der Waals surface area contributed by atoms with E-state index in [4.69, 9.17) is 9.47 Å². The van der Waals surface area contributed by atoms with Gasteiger partial charge in [0, 0.05) is 18.5 Å². The summed E-state index contributed by atoms with van der Waals surface area (Å²) >= 11 is 0. The molecular formula is C17H20F3NO4. The first-order valence-electron chi connectivity index (χ1n) is 8.08. The number of hydrogen-bond acceptors (Lipinski definition) is 4. The van der Waals surface area contributed by atoms with Crippen LogP contribution in [0.1, 0.15) is 38.3 Å². The van der Waals surface area contributed by atoms with Crippen LogP contribution in [0.25, 0.3) is 0 Å². The Balaban J connectivity index is 1.97. The van der Waals surface area contributed by atoms with E-state index in [9.17, 15) is 23.1 Å². The zero-order chi connectivity index (χ0) is 18.4. The number of likely N-dealkylation sites (tertiary alicyclic amines) is 1. The summed E-state index contributed by atoms with van der Waals surface area (Å²) in [5, 5.41) is 10.7. The van der Waals surface area contributed by atoms with Gasteiger partial charge in [-0.2, -0.15) is 13.2 Å². The van der Waals surface area contributed by atoms with Crippen molar-refractivity contribution in [3.63, 3.8) is 0 Å². The van der Waals surface area contributed by atoms with Gasteiger partial charge >= 0.3 is 6.18 Å². The van der Waals surface area contributed by atoms with Crippen molar-refractivity contribution in [1.82, 2.24) is 4.90 Å². The molecule has 0 aromatic heterocycles. The van der Waals surface area contributed by atoms with E-state index in [1.807, 2.05) is 0 Å². The topological polar surface area (TPSA) is 59.0 Å². The van der Waals surface area contributed by atoms with E-state index >= 15 is 0 Å². The molecule has 5 nitrogen and oxygen atoms in total. The molecular weight excluding hydrogens is 339 g/mol. The van der Waals surface area contributed by atoms with Gasteiger partial charge < -0.3 is 19.5 Å². The average Bonchev–Trinajstić information content (AvgIpc) is 2.91. The van der Waals surface area contributed by atoms with Crippen molar-refractivity contribution >= 4 is 5.91 Å². The number of fused-ring (bicyclic) bond motifs is 1. The van der Waals surface area contributed by atoms with Crippen molar-refractivity contribution in [3.05, 3.63) is 23.8 Å². The molecule has 2 atom stereocenters. The largest absolute Gasteiger partial charge is 0.485 e. The Labute approximate surface area is 143 Å². The smallest absolute Gasteiger partial charge is 0.422 e. The van der Waals surface area contributed by atoms with E-state index < -0.39 is 30.5 Å². The predicted molar refractivity (Wildman–Crippen MR) is 82.4 cm³/mol. The number of ether oxygens (including phenoxy) is 2. The Morgan fingerprint density at radius 1 is 1.40 bits per heavy atom. The molecule has 1 N–H and O–H groups in total. The molecule has 8 heteroatoms. The number of benzene rings is 1. The van der Waals surface area contributed by atoms with Gasteiger partial charge in [-0.1, -0.05) is 0 Å². The van der Waals surface area contributed by atoms with Gasteiger partial charge in [-0.05, 0) is 38.5 Å². The Morgan fingerprint density at radius 3 is 2.72 bits per heavy atom. The van der Waals surface area contributed by atoms with Crippen LogP contribution < -0.4 is 9.47 Å². The van der Waals surface area contributed by atoms with Crippen LogP contribution in [0.15, 0.2) is 18.2 Å². The number of carbonyl (C=O) groups excluding carboxylic acids is 1. The number of aliphatic hydroxyl groups excluding tert-OH is 1. The van der Waals surface area contributed by atoms with E-state index in [1.165, 1.54) is 18.2 Å². The third-order valence-corrected chi connectivity index (χ3v) is 4.53. The SMILES string of the molecule is CC1(C)Oc2ccc(OCC(F)(F)F)cc2C(N2CCCC2=O)C1O. The highest BCUT2D eigenvalue weighted by atomic mass is 19.4. The molecule has 3 rings (SSSR count). The van der Waals surface area contributed by atoms with Crippen LogP contribution >= 0.6 is 0 Å². The first-order valence-corrected chi connectivity index (χ1v) is 8.08. The van der Waals surface area contributed by atoms with Crippen molar-refractivity contribution < 1.29 is 32.5 Å². The van der Waals surface area contributed by atoms with Gasteiger partial charge in [-0.15, -0.1) is 0 Å². The van der Waals surface area contributed by atoms with Gasteiger partial charge in [0.05, 0.1) is 6.04 Å². The third kappa shape index (κ3) is 3.53. The van der Waals surface area contributed by atoms with Crippen LogP contribution in [0.4, 0.5) is 13.2 Å². The summed E-state index contributed by atoms with van der Waals surface area (Å²) in [5.74, 6) is 0.358. The normalized spacial score (nSPS) is 25.5. The highest BCUT2D eigenvalue weighted by Crippen LogP contribution is 2.45. The molecule has 1 fully saturated rings. The van der Waals surface area contributed by atoms with E-state index in [2.05, 4.69) is 0 Å². The molecule has 0 spiro atoms. The van der Waals surface area contributed by atoms with Crippen molar-refractivity contribution in [2.75, 3.05) is 13.2 Å². The van der Waals surface area contributed by atoms with Gasteiger partial charge in [0.25, 0.3) is 0 Å². The highest BCUT2D eigenvalue weighted by Gasteiger charge is 2.47. The van der Waals surface area contributed by atoms with Gasteiger partial charge in [-0.3, -0.25) is 4.79 Å². The summed E-state index contributed by atoms with van der Waals surface area (Å²) in [6.07, 6.45) is -4.38. The molecule has 138 valence electrons. The number of halogens is 3. The summed E-state index contributed by atoms with van der Waals surface area (Å²) in [6.45, 7) is 2.50. The van der Waals surface area contributed by atoms with Crippen molar-refractivity contribution in [2.24, 2.45) is 0 Å². The van der Waals surface area contributed by atoms with Crippen LogP contribution in [-0.4, -0.2) is 46.9 Å². The van der Waals surface area contributed by atoms with Crippen LogP contribution in [-0.2, 0) is 4.79 Å². The average molecular weight is 359 g/mol. The Hall–Kier alpha value is -1.96. The Morgan fingerprint density at radius 2 is 2.12 bits per heavy atom. The van der Waals surface area contributed by atoms with Gasteiger partial charge in [0.2, 0.25) is 5.91 Å². The minimum Gasteiger partial charge on any atom is -0.485 e. The van der Waals surface area contributed by atoms with Gasteiger partial charge in [0.1, 0.15) is 23.2 Å². The molecule has 1 saturated heterocycles. The molecule has 1 aromatic rings. The Kier molecular flexibility index (Phi) is 4.35. The van der Waals surface area contributed by atoms with E-state index in [1.54, 1.807) is 18.7 Å². The standard InChI is InChI=1S/C17H20F3NO4/c1-16(2)15(23)14(21-7-3-4-13(21)22)11-8-10(5-6-12(11)25-16)24-9-17(18,19)20/h5-6,8,14-15,23H,3-4,7,9H2,1-2H3. The van der Waals surface area contributed by atoms with E-state index in [0.717, 1.165) is 0 Å². The summed E-state index contributed by atoms with van der Waals surface area (Å²) in [6, 6.07) is 3.64. The first-order chi connectivity index (χ1) is 11.6. The van der Waals surface area contributed by atoms with E-state index in [-0.39, 0.29) is 11.7 Å². The maximum Gasteiger partial charge on any atom is 0.422 e. The summed E-state index contributed by atoms with van der Waals surface area (Å²) in [5.41, 5.74) is -0.476. The van der Waals surface area contributed by atoms with E-state index in [0.29, 0.717) is 30.7 Å². The molecule has 2 aliphatic rings. The number of carbonyl (C=O) groups is 1. The first kappa shape index (κ1) is 17.8. The maximum atomic E-state index is 12.4. The fraction of sp³-hybridized carbons (Fsp3) is 0.588. The maximum absolute atomic E-state index is 12.4. The van der Waals surface area contributed by atoms with Crippen LogP contribution in [0, 0.1) is 0 Å². The number of hydrogen-bond donors (Lipinski definition) is 1. The predicted octanol–water partition coefficient (Wildman–Crippen LogP) is 2.82. The lowest BCUT2D eigenvalue weighted by Gasteiger charge is -2.45. The molecule has 0 aliphatic carbocycles. The molecule has 2 unspecified atom stereocenters. The number of amides is 1. The molecule has 2 aliphatic heterocycles. The lowest BCUT2D eigenvalue weighted by Crippen LogP contribution is -2.53. The zero-order valence-corrected chi connectivity index (χ0v) is 14.0. The zero-order valence-electron chi connectivity index (χ0n) is 14.0. The summed E-state index contributed by atoms with van der Waals surface area (Å²) in [7, 11) is 0. The molecule has 25 heavy (non-hydrogen) atoms. The number of rotatable bonds is 3. The second-order valence-corrected chi connectivity index (χ2v) is 6.89. The quantitative estimate of drug-likeness (QED) is 0.902. The lowest BCUT2D eigenvalue weighted by molar-refractivity contribution is -0.153. The molecule has 0 radical (unpaired) electrons. The van der Waals surface area contributed by atoms with Crippen molar-refractivity contribution in [3.8, 4) is 11.5 Å². The van der Waals surface area contributed by atoms with Gasteiger partial charge in [-0.25, -0.2) is 0 Å². The monoisotopic (exact) mass is 359 g/mol. The Bertz CT molecular complexity index is 674. The molecule has 2 heterocycles. The third-order valence-electron chi connectivity index (χ3n) is 4.53. The van der Waals surface area contributed by atoms with Crippen LogP contribution in [0.5, 0.6) is 11.5 Å². The van der Waals surface area contributed by atoms with Crippen molar-refractivity contribution in [1.29, 1.82) is 0 Å². The number of nitrogens with zero attached hydrogens (tertiary/aromatic N) is 1. The summed E-state index contributed by atoms with van der Waals surface area (Å²) in [4.78, 5) is 13.7. The minimum atomic E-state index is -4.45. The molecule has 0 bridgehead atoms. The van der Waals surface area contributed by atoms with Crippen LogP contribution in [0.2, 0.25) is 0 Å². The van der Waals surface area contributed by atoms with Gasteiger partial charge in [0.15, 0.2) is 6.61 Å². The lowest BCUT2D eigenvalue weighted by atomic mass is 9.85. The summed E-state index contributed by atoms with van der Waals surface area (Å²) < 4.78 is 47.7. The number of alkyl halides is 3. The molecule has 1 aromatic carbocycles. The second-order valence-electron chi connectivity index (χ2n) is 6.89. The fourth-order valence-electron chi connectivity index (χ4n) is 3.30. The highest BCUT2D eigenvalue weighted by molar-refractivity contribution is 5.79. The fourth-order valence-corrected chi connectivity index (χ4v) is 3.30.